The number of nitrogens with one attached hydrogen (secondary N) is 2. The Morgan fingerprint density at radius 3 is 2.17 bits per heavy atom. The van der Waals surface area contributed by atoms with Crippen molar-refractivity contribution >= 4 is 35.4 Å². The lowest BCUT2D eigenvalue weighted by Crippen LogP contribution is -2.56. The molecule has 23 heavy (non-hydrogen) atoms. The highest BCUT2D eigenvalue weighted by molar-refractivity contribution is 6.30. The van der Waals surface area contributed by atoms with Crippen molar-refractivity contribution in [2.45, 2.75) is 45.0 Å². The van der Waals surface area contributed by atoms with E-state index in [1.807, 2.05) is 13.8 Å². The Kier molecular flexibility index (Phi) is 9.01. The lowest BCUT2D eigenvalue weighted by atomic mass is 10.0. The van der Waals surface area contributed by atoms with E-state index >= 15 is 0 Å². The van der Waals surface area contributed by atoms with Gasteiger partial charge in [-0.2, -0.15) is 0 Å². The second kappa shape index (κ2) is 9.88. The molecule has 0 saturated heterocycles. The molecule has 0 rings (SSSR count). The molecule has 132 valence electrons. The molecule has 0 radical (unpaired) electrons. The van der Waals surface area contributed by atoms with Gasteiger partial charge in [0, 0.05) is 6.42 Å². The van der Waals surface area contributed by atoms with E-state index in [9.17, 15) is 19.2 Å². The maximum Gasteiger partial charge on any atom is 0.405 e. The van der Waals surface area contributed by atoms with Crippen LogP contribution in [0.1, 0.15) is 33.6 Å². The van der Waals surface area contributed by atoms with Gasteiger partial charge in [-0.05, 0) is 19.3 Å². The third kappa shape index (κ3) is 8.87. The predicted octanol–water partition coefficient (Wildman–Crippen LogP) is 0.0312. The van der Waals surface area contributed by atoms with Crippen molar-refractivity contribution in [3.8, 4) is 0 Å². The SMILES string of the molecule is CC(C)C[C@H](NC(=O)O)C(=O)NN(CCC(N)=O)C(=O)[C@@H](C)Cl. The van der Waals surface area contributed by atoms with Crippen molar-refractivity contribution in [3.63, 3.8) is 0 Å². The first-order valence-electron chi connectivity index (χ1n) is 7.08. The van der Waals surface area contributed by atoms with Gasteiger partial charge in [0.05, 0.1) is 6.54 Å². The van der Waals surface area contributed by atoms with Crippen LogP contribution >= 0.6 is 11.6 Å². The number of hydrogen-bond acceptors (Lipinski definition) is 4. The Morgan fingerprint density at radius 1 is 1.22 bits per heavy atom. The van der Waals surface area contributed by atoms with E-state index in [1.54, 1.807) is 0 Å². The summed E-state index contributed by atoms with van der Waals surface area (Å²) in [5.41, 5.74) is 7.32. The summed E-state index contributed by atoms with van der Waals surface area (Å²) in [7, 11) is 0. The molecule has 0 aromatic carbocycles. The molecule has 0 unspecified atom stereocenters. The normalized spacial score (nSPS) is 13.1. The van der Waals surface area contributed by atoms with Gasteiger partial charge in [-0.3, -0.25) is 24.8 Å². The molecule has 0 aliphatic heterocycles. The lowest BCUT2D eigenvalue weighted by Gasteiger charge is -2.27. The van der Waals surface area contributed by atoms with E-state index in [1.165, 1.54) is 6.92 Å². The van der Waals surface area contributed by atoms with Crippen LogP contribution in [0.5, 0.6) is 0 Å². The fraction of sp³-hybridized carbons (Fsp3) is 0.692. The zero-order valence-electron chi connectivity index (χ0n) is 13.3. The highest BCUT2D eigenvalue weighted by atomic mass is 35.5. The van der Waals surface area contributed by atoms with E-state index in [0.29, 0.717) is 0 Å². The number of amides is 4. The van der Waals surface area contributed by atoms with Gasteiger partial charge in [0.25, 0.3) is 11.8 Å². The summed E-state index contributed by atoms with van der Waals surface area (Å²) in [5.74, 6) is -1.95. The summed E-state index contributed by atoms with van der Waals surface area (Å²) >= 11 is 5.70. The summed E-state index contributed by atoms with van der Waals surface area (Å²) < 4.78 is 0. The zero-order valence-corrected chi connectivity index (χ0v) is 14.1. The standard InChI is InChI=1S/C13H23ClN4O5/c1-7(2)6-9(16-13(22)23)11(20)17-18(5-4-10(15)19)12(21)8(3)14/h7-9,16H,4-6H2,1-3H3,(H2,15,19)(H,17,20)(H,22,23)/t8-,9+/m1/s1. The molecule has 4 amide bonds. The highest BCUT2D eigenvalue weighted by Gasteiger charge is 2.27. The van der Waals surface area contributed by atoms with Crippen LogP contribution in [-0.4, -0.2) is 51.9 Å². The number of hydrogen-bond donors (Lipinski definition) is 4. The number of halogens is 1. The number of alkyl halides is 1. The number of rotatable bonds is 8. The Hall–Kier alpha value is -2.03. The van der Waals surface area contributed by atoms with Crippen molar-refractivity contribution in [1.82, 2.24) is 15.8 Å². The van der Waals surface area contributed by atoms with Crippen LogP contribution in [0, 0.1) is 5.92 Å². The summed E-state index contributed by atoms with van der Waals surface area (Å²) in [6.45, 7) is 4.90. The van der Waals surface area contributed by atoms with Crippen molar-refractivity contribution in [2.75, 3.05) is 6.54 Å². The molecule has 5 N–H and O–H groups in total. The average Bonchev–Trinajstić information content (AvgIpc) is 2.40. The smallest absolute Gasteiger partial charge is 0.405 e. The fourth-order valence-corrected chi connectivity index (χ4v) is 1.84. The molecule has 0 aliphatic rings. The second-order valence-electron chi connectivity index (χ2n) is 5.43. The minimum atomic E-state index is -1.36. The molecule has 0 spiro atoms. The molecular formula is C13H23ClN4O5. The number of hydrazine groups is 1. The van der Waals surface area contributed by atoms with Crippen LogP contribution in [-0.2, 0) is 14.4 Å². The predicted molar refractivity (Wildman–Crippen MR) is 83.4 cm³/mol. The zero-order chi connectivity index (χ0) is 18.2. The van der Waals surface area contributed by atoms with Crippen molar-refractivity contribution in [3.05, 3.63) is 0 Å². The van der Waals surface area contributed by atoms with Gasteiger partial charge in [-0.1, -0.05) is 13.8 Å². The van der Waals surface area contributed by atoms with Crippen LogP contribution < -0.4 is 16.5 Å². The number of primary amides is 1. The van der Waals surface area contributed by atoms with Crippen LogP contribution in [0.15, 0.2) is 0 Å². The summed E-state index contributed by atoms with van der Waals surface area (Å²) in [5, 5.41) is 10.8. The van der Waals surface area contributed by atoms with Crippen molar-refractivity contribution in [2.24, 2.45) is 11.7 Å². The number of carbonyl (C=O) groups is 4. The molecule has 10 heteroatoms. The number of nitrogens with two attached hydrogens (primary N) is 1. The van der Waals surface area contributed by atoms with Gasteiger partial charge in [-0.25, -0.2) is 4.79 Å². The van der Waals surface area contributed by atoms with Crippen LogP contribution in [0.25, 0.3) is 0 Å². The minimum Gasteiger partial charge on any atom is -0.465 e. The Labute approximate surface area is 139 Å². The average molecular weight is 351 g/mol. The van der Waals surface area contributed by atoms with Gasteiger partial charge in [-0.15, -0.1) is 11.6 Å². The maximum atomic E-state index is 12.2. The van der Waals surface area contributed by atoms with Gasteiger partial charge in [0.1, 0.15) is 11.4 Å². The quantitative estimate of drug-likeness (QED) is 0.361. The molecule has 0 aromatic rings. The number of nitrogens with zero attached hydrogens (tertiary/aromatic N) is 1. The van der Waals surface area contributed by atoms with Crippen LogP contribution in [0.4, 0.5) is 4.79 Å². The third-order valence-electron chi connectivity index (χ3n) is 2.75. The van der Waals surface area contributed by atoms with Crippen molar-refractivity contribution in [1.29, 1.82) is 0 Å². The first-order valence-corrected chi connectivity index (χ1v) is 7.51. The molecule has 0 bridgehead atoms. The molecule has 0 aliphatic carbocycles. The van der Waals surface area contributed by atoms with Gasteiger partial charge >= 0.3 is 6.09 Å². The van der Waals surface area contributed by atoms with Gasteiger partial charge in [0.15, 0.2) is 0 Å². The van der Waals surface area contributed by atoms with E-state index in [4.69, 9.17) is 22.4 Å². The molecule has 0 aromatic heterocycles. The molecule has 0 heterocycles. The molecule has 9 nitrogen and oxygen atoms in total. The first-order chi connectivity index (χ1) is 10.5. The molecule has 0 fully saturated rings. The maximum absolute atomic E-state index is 12.2. The first kappa shape index (κ1) is 21.0. The second-order valence-corrected chi connectivity index (χ2v) is 6.08. The van der Waals surface area contributed by atoms with Gasteiger partial charge < -0.3 is 16.2 Å². The van der Waals surface area contributed by atoms with Crippen LogP contribution in [0.2, 0.25) is 0 Å². The largest absolute Gasteiger partial charge is 0.465 e. The molecule has 2 atom stereocenters. The topological polar surface area (TPSA) is 142 Å². The summed E-state index contributed by atoms with van der Waals surface area (Å²) in [6.07, 6.45) is -1.28. The number of carboxylic acid groups (broad SMARTS) is 1. The summed E-state index contributed by atoms with van der Waals surface area (Å²) in [6, 6.07) is -1.04. The van der Waals surface area contributed by atoms with E-state index in [0.717, 1.165) is 5.01 Å². The number of carbonyl (C=O) groups excluding carboxylic acids is 3. The monoisotopic (exact) mass is 350 g/mol. The Morgan fingerprint density at radius 2 is 1.78 bits per heavy atom. The minimum absolute atomic E-state index is 0.0410. The third-order valence-corrected chi connectivity index (χ3v) is 2.94. The molecule has 0 saturated carbocycles. The highest BCUT2D eigenvalue weighted by Crippen LogP contribution is 2.07. The Bertz CT molecular complexity index is 456. The van der Waals surface area contributed by atoms with Crippen LogP contribution in [0.3, 0.4) is 0 Å². The lowest BCUT2D eigenvalue weighted by molar-refractivity contribution is -0.142. The fourth-order valence-electron chi connectivity index (χ4n) is 1.72. The molecular weight excluding hydrogens is 328 g/mol. The summed E-state index contributed by atoms with van der Waals surface area (Å²) in [4.78, 5) is 45.8. The Balaban J connectivity index is 5.03. The van der Waals surface area contributed by atoms with E-state index in [2.05, 4.69) is 10.7 Å². The van der Waals surface area contributed by atoms with Gasteiger partial charge in [0.2, 0.25) is 5.91 Å². The van der Waals surface area contributed by atoms with E-state index in [-0.39, 0.29) is 25.3 Å². The van der Waals surface area contributed by atoms with Crippen molar-refractivity contribution < 1.29 is 24.3 Å². The van der Waals surface area contributed by atoms with E-state index < -0.39 is 35.2 Å².